The number of aromatic nitrogens is 1. The molecule has 1 aromatic carbocycles. The van der Waals surface area contributed by atoms with Gasteiger partial charge in [-0.15, -0.1) is 0 Å². The monoisotopic (exact) mass is 200 g/mol. The molecule has 15 heavy (non-hydrogen) atoms. The van der Waals surface area contributed by atoms with Gasteiger partial charge >= 0.3 is 0 Å². The van der Waals surface area contributed by atoms with Gasteiger partial charge in [-0.3, -0.25) is 4.79 Å². The molecule has 1 aromatic heterocycles. The van der Waals surface area contributed by atoms with Crippen LogP contribution in [-0.2, 0) is 5.54 Å². The van der Waals surface area contributed by atoms with E-state index in [1.54, 1.807) is 6.20 Å². The van der Waals surface area contributed by atoms with Crippen LogP contribution in [0.25, 0.3) is 10.9 Å². The summed E-state index contributed by atoms with van der Waals surface area (Å²) in [5, 5.41) is 0.727. The van der Waals surface area contributed by atoms with Gasteiger partial charge in [0.15, 0.2) is 5.43 Å². The Morgan fingerprint density at radius 1 is 1.27 bits per heavy atom. The number of pyridine rings is 1. The first-order valence-corrected chi connectivity index (χ1v) is 5.10. The van der Waals surface area contributed by atoms with Crippen LogP contribution in [0.15, 0.2) is 35.3 Å². The fraction of sp³-hybridized carbons (Fsp3) is 0.250. The fourth-order valence-electron chi connectivity index (χ4n) is 1.91. The predicted molar refractivity (Wildman–Crippen MR) is 59.7 cm³/mol. The number of fused-ring (bicyclic) bond motifs is 1. The zero-order valence-corrected chi connectivity index (χ0v) is 8.29. The van der Waals surface area contributed by atoms with Crippen molar-refractivity contribution in [3.05, 3.63) is 46.2 Å². The Hall–Kier alpha value is -1.61. The van der Waals surface area contributed by atoms with E-state index in [9.17, 15) is 4.79 Å². The van der Waals surface area contributed by atoms with Crippen LogP contribution in [0, 0.1) is 0 Å². The molecule has 0 unspecified atom stereocenters. The van der Waals surface area contributed by atoms with Gasteiger partial charge in [0.05, 0.1) is 0 Å². The van der Waals surface area contributed by atoms with Gasteiger partial charge in [-0.25, -0.2) is 0 Å². The third-order valence-corrected chi connectivity index (χ3v) is 3.12. The van der Waals surface area contributed by atoms with Gasteiger partial charge in [0.2, 0.25) is 0 Å². The van der Waals surface area contributed by atoms with Crippen LogP contribution in [0.4, 0.5) is 0 Å². The molecule has 1 aliphatic carbocycles. The molecule has 2 aromatic rings. The second-order valence-electron chi connectivity index (χ2n) is 4.26. The molecular formula is C12H12N2O. The molecule has 0 aliphatic heterocycles. The molecule has 3 nitrogen and oxygen atoms in total. The molecule has 3 rings (SSSR count). The number of H-pyrrole nitrogens is 1. The van der Waals surface area contributed by atoms with Gasteiger partial charge in [-0.2, -0.15) is 0 Å². The maximum Gasteiger partial charge on any atom is 0.189 e. The topological polar surface area (TPSA) is 58.9 Å². The lowest BCUT2D eigenvalue weighted by Crippen LogP contribution is -2.18. The number of rotatable bonds is 1. The van der Waals surface area contributed by atoms with Crippen molar-refractivity contribution in [3.8, 4) is 0 Å². The summed E-state index contributed by atoms with van der Waals surface area (Å²) < 4.78 is 0. The molecule has 0 saturated heterocycles. The Morgan fingerprint density at radius 2 is 2.07 bits per heavy atom. The van der Waals surface area contributed by atoms with Crippen LogP contribution < -0.4 is 11.2 Å². The summed E-state index contributed by atoms with van der Waals surface area (Å²) in [4.78, 5) is 14.6. The van der Waals surface area contributed by atoms with Crippen LogP contribution in [0.2, 0.25) is 0 Å². The van der Waals surface area contributed by atoms with Crippen molar-refractivity contribution in [2.45, 2.75) is 18.4 Å². The van der Waals surface area contributed by atoms with Gasteiger partial charge < -0.3 is 10.7 Å². The average molecular weight is 200 g/mol. The van der Waals surface area contributed by atoms with E-state index in [0.717, 1.165) is 29.3 Å². The van der Waals surface area contributed by atoms with Crippen molar-refractivity contribution >= 4 is 10.9 Å². The van der Waals surface area contributed by atoms with Crippen LogP contribution in [-0.4, -0.2) is 4.98 Å². The molecule has 1 heterocycles. The molecule has 1 fully saturated rings. The number of hydrogen-bond acceptors (Lipinski definition) is 2. The second-order valence-corrected chi connectivity index (χ2v) is 4.26. The highest BCUT2D eigenvalue weighted by molar-refractivity contribution is 5.79. The molecule has 1 aliphatic rings. The highest BCUT2D eigenvalue weighted by Crippen LogP contribution is 2.42. The normalized spacial score (nSPS) is 17.9. The highest BCUT2D eigenvalue weighted by Gasteiger charge is 2.39. The van der Waals surface area contributed by atoms with Crippen LogP contribution in [0.5, 0.6) is 0 Å². The van der Waals surface area contributed by atoms with Crippen LogP contribution in [0.1, 0.15) is 18.4 Å². The molecule has 1 saturated carbocycles. The minimum absolute atomic E-state index is 0.0529. The Labute approximate surface area is 86.9 Å². The van der Waals surface area contributed by atoms with E-state index in [0.29, 0.717) is 0 Å². The van der Waals surface area contributed by atoms with Crippen LogP contribution >= 0.6 is 0 Å². The summed E-state index contributed by atoms with van der Waals surface area (Å²) in [5.74, 6) is 0. The highest BCUT2D eigenvalue weighted by atomic mass is 16.1. The lowest BCUT2D eigenvalue weighted by Gasteiger charge is -2.09. The minimum atomic E-state index is -0.138. The van der Waals surface area contributed by atoms with Crippen molar-refractivity contribution in [1.29, 1.82) is 0 Å². The molecule has 76 valence electrons. The third kappa shape index (κ3) is 1.27. The van der Waals surface area contributed by atoms with E-state index in [2.05, 4.69) is 4.98 Å². The molecule has 0 spiro atoms. The summed E-state index contributed by atoms with van der Waals surface area (Å²) in [6, 6.07) is 7.35. The standard InChI is InChI=1S/C12H12N2O/c13-12(4-5-12)8-1-2-9-10(7-8)14-6-3-11(9)15/h1-3,6-7H,4-5,13H2,(H,14,15). The van der Waals surface area contributed by atoms with E-state index < -0.39 is 0 Å². The maximum absolute atomic E-state index is 11.5. The van der Waals surface area contributed by atoms with Gasteiger partial charge in [-0.05, 0) is 30.5 Å². The minimum Gasteiger partial charge on any atom is -0.361 e. The van der Waals surface area contributed by atoms with E-state index in [-0.39, 0.29) is 11.0 Å². The third-order valence-electron chi connectivity index (χ3n) is 3.12. The second kappa shape index (κ2) is 2.70. The molecule has 0 atom stereocenters. The quantitative estimate of drug-likeness (QED) is 0.732. The Bertz CT molecular complexity index is 581. The van der Waals surface area contributed by atoms with Crippen molar-refractivity contribution in [2.24, 2.45) is 5.73 Å². The van der Waals surface area contributed by atoms with Crippen molar-refractivity contribution in [3.63, 3.8) is 0 Å². The van der Waals surface area contributed by atoms with Crippen molar-refractivity contribution in [1.82, 2.24) is 4.98 Å². The van der Waals surface area contributed by atoms with E-state index in [4.69, 9.17) is 5.73 Å². The lowest BCUT2D eigenvalue weighted by atomic mass is 10.0. The van der Waals surface area contributed by atoms with E-state index >= 15 is 0 Å². The fourth-order valence-corrected chi connectivity index (χ4v) is 1.91. The van der Waals surface area contributed by atoms with Crippen LogP contribution in [0.3, 0.4) is 0 Å². The first-order chi connectivity index (χ1) is 7.19. The molecule has 3 heteroatoms. The Morgan fingerprint density at radius 3 is 2.80 bits per heavy atom. The maximum atomic E-state index is 11.5. The molecule has 0 amide bonds. The number of nitrogens with two attached hydrogens (primary N) is 1. The van der Waals surface area contributed by atoms with Crippen molar-refractivity contribution < 1.29 is 0 Å². The zero-order valence-electron chi connectivity index (χ0n) is 8.29. The predicted octanol–water partition coefficient (Wildman–Crippen LogP) is 1.48. The first-order valence-electron chi connectivity index (χ1n) is 5.10. The smallest absolute Gasteiger partial charge is 0.189 e. The summed E-state index contributed by atoms with van der Waals surface area (Å²) >= 11 is 0. The molecule has 0 radical (unpaired) electrons. The molecular weight excluding hydrogens is 188 g/mol. The average Bonchev–Trinajstić information content (AvgIpc) is 2.98. The van der Waals surface area contributed by atoms with Gasteiger partial charge in [0.25, 0.3) is 0 Å². The van der Waals surface area contributed by atoms with Gasteiger partial charge in [0.1, 0.15) is 0 Å². The Balaban J connectivity index is 2.27. The number of benzene rings is 1. The van der Waals surface area contributed by atoms with E-state index in [1.165, 1.54) is 6.07 Å². The number of nitrogens with one attached hydrogen (secondary N) is 1. The summed E-state index contributed by atoms with van der Waals surface area (Å²) in [6.07, 6.45) is 3.75. The zero-order chi connectivity index (χ0) is 10.5. The summed E-state index contributed by atoms with van der Waals surface area (Å²) in [5.41, 5.74) is 8.01. The van der Waals surface area contributed by atoms with Gasteiger partial charge in [0, 0.05) is 28.7 Å². The molecule has 3 N–H and O–H groups in total. The summed E-state index contributed by atoms with van der Waals surface area (Å²) in [6.45, 7) is 0. The lowest BCUT2D eigenvalue weighted by molar-refractivity contribution is 0.741. The summed E-state index contributed by atoms with van der Waals surface area (Å²) in [7, 11) is 0. The number of aromatic amines is 1. The first kappa shape index (κ1) is 8.68. The Kier molecular flexibility index (Phi) is 1.56. The van der Waals surface area contributed by atoms with Crippen molar-refractivity contribution in [2.75, 3.05) is 0 Å². The largest absolute Gasteiger partial charge is 0.361 e. The molecule has 0 bridgehead atoms. The number of hydrogen-bond donors (Lipinski definition) is 2. The van der Waals surface area contributed by atoms with E-state index in [1.807, 2.05) is 18.2 Å². The SMILES string of the molecule is NC1(c2ccc3c(=O)cc[nH]c3c2)CC1. The van der Waals surface area contributed by atoms with Gasteiger partial charge in [-0.1, -0.05) is 6.07 Å².